The molecule has 7 nitrogen and oxygen atoms in total. The van der Waals surface area contributed by atoms with Gasteiger partial charge in [0.05, 0.1) is 12.1 Å². The smallest absolute Gasteiger partial charge is 0.239 e. The average Bonchev–Trinajstić information content (AvgIpc) is 3.08. The van der Waals surface area contributed by atoms with E-state index in [9.17, 15) is 4.79 Å². The summed E-state index contributed by atoms with van der Waals surface area (Å²) in [5, 5.41) is 22.2. The predicted octanol–water partition coefficient (Wildman–Crippen LogP) is 2.88. The molecule has 0 saturated carbocycles. The summed E-state index contributed by atoms with van der Waals surface area (Å²) in [4.78, 5) is 14.5. The molecular weight excluding hydrogens is 348 g/mol. The molecule has 4 rings (SSSR count). The van der Waals surface area contributed by atoms with E-state index in [1.807, 2.05) is 31.2 Å². The summed E-state index contributed by atoms with van der Waals surface area (Å²) < 4.78 is 0. The van der Waals surface area contributed by atoms with Crippen LogP contribution in [0.5, 0.6) is 0 Å². The molecule has 134 valence electrons. The molecule has 1 aromatic carbocycles. The first-order valence-corrected chi connectivity index (χ1v) is 9.59. The topological polar surface area (TPSA) is 83.9 Å². The van der Waals surface area contributed by atoms with E-state index in [4.69, 9.17) is 0 Å². The molecule has 1 aliphatic heterocycles. The second-order valence-corrected chi connectivity index (χ2v) is 7.70. The Morgan fingerprint density at radius 2 is 1.96 bits per heavy atom. The lowest BCUT2D eigenvalue weighted by Gasteiger charge is -2.25. The van der Waals surface area contributed by atoms with Crippen molar-refractivity contribution < 1.29 is 4.79 Å². The standard InChI is InChI=1S/C18H20N6OS/c1-12-20-23-18(26-12)13-5-6-15-14(9-13)10-16(22-21-15)19-17(25)11-24-7-3-2-4-8-24/h5-6,9-10H,2-4,7-8,11H2,1H3,(H,19,22,25). The van der Waals surface area contributed by atoms with Crippen molar-refractivity contribution in [1.82, 2.24) is 25.3 Å². The van der Waals surface area contributed by atoms with Gasteiger partial charge in [-0.1, -0.05) is 17.8 Å². The highest BCUT2D eigenvalue weighted by Crippen LogP contribution is 2.26. The van der Waals surface area contributed by atoms with Crippen LogP contribution in [0.1, 0.15) is 24.3 Å². The highest BCUT2D eigenvalue weighted by molar-refractivity contribution is 7.14. The molecule has 0 bridgehead atoms. The summed E-state index contributed by atoms with van der Waals surface area (Å²) in [5.74, 6) is 0.432. The Morgan fingerprint density at radius 1 is 1.12 bits per heavy atom. The van der Waals surface area contributed by atoms with Crippen LogP contribution >= 0.6 is 11.3 Å². The Kier molecular flexibility index (Phi) is 4.85. The van der Waals surface area contributed by atoms with Gasteiger partial charge in [0, 0.05) is 10.9 Å². The molecule has 2 aromatic heterocycles. The molecule has 1 aliphatic rings. The van der Waals surface area contributed by atoms with Crippen LogP contribution in [-0.4, -0.2) is 50.8 Å². The van der Waals surface area contributed by atoms with Crippen molar-refractivity contribution in [2.45, 2.75) is 26.2 Å². The second-order valence-electron chi connectivity index (χ2n) is 6.51. The van der Waals surface area contributed by atoms with Crippen LogP contribution in [0.3, 0.4) is 0 Å². The number of aromatic nitrogens is 4. The maximum atomic E-state index is 12.3. The SMILES string of the molecule is Cc1nnc(-c2ccc3nnc(NC(=O)CN4CCCCC4)cc3c2)s1. The van der Waals surface area contributed by atoms with Gasteiger partial charge in [0.2, 0.25) is 5.91 Å². The molecule has 1 saturated heterocycles. The van der Waals surface area contributed by atoms with Crippen LogP contribution in [0.2, 0.25) is 0 Å². The Balaban J connectivity index is 1.51. The van der Waals surface area contributed by atoms with E-state index >= 15 is 0 Å². The second kappa shape index (κ2) is 7.43. The zero-order chi connectivity index (χ0) is 17.9. The van der Waals surface area contributed by atoms with Crippen LogP contribution in [0, 0.1) is 6.92 Å². The number of piperidine rings is 1. The van der Waals surface area contributed by atoms with Crippen molar-refractivity contribution in [3.05, 3.63) is 29.3 Å². The molecule has 0 aliphatic carbocycles. The predicted molar refractivity (Wildman–Crippen MR) is 102 cm³/mol. The number of fused-ring (bicyclic) bond motifs is 1. The number of benzene rings is 1. The van der Waals surface area contributed by atoms with Crippen LogP contribution < -0.4 is 5.32 Å². The number of nitrogens with one attached hydrogen (secondary N) is 1. The van der Waals surface area contributed by atoms with Gasteiger partial charge >= 0.3 is 0 Å². The van der Waals surface area contributed by atoms with Crippen molar-refractivity contribution in [1.29, 1.82) is 0 Å². The molecule has 0 unspecified atom stereocenters. The molecule has 8 heteroatoms. The zero-order valence-corrected chi connectivity index (χ0v) is 15.4. The minimum absolute atomic E-state index is 0.0450. The fraction of sp³-hybridized carbons (Fsp3) is 0.389. The summed E-state index contributed by atoms with van der Waals surface area (Å²) >= 11 is 1.55. The third-order valence-electron chi connectivity index (χ3n) is 4.44. The lowest BCUT2D eigenvalue weighted by molar-refractivity contribution is -0.117. The van der Waals surface area contributed by atoms with E-state index in [2.05, 4.69) is 30.6 Å². The lowest BCUT2D eigenvalue weighted by Crippen LogP contribution is -2.37. The number of nitrogens with zero attached hydrogens (tertiary/aromatic N) is 5. The van der Waals surface area contributed by atoms with E-state index in [1.54, 1.807) is 11.3 Å². The van der Waals surface area contributed by atoms with Gasteiger partial charge in [-0.05, 0) is 57.1 Å². The number of hydrogen-bond acceptors (Lipinski definition) is 7. The number of carbonyl (C=O) groups is 1. The van der Waals surface area contributed by atoms with Crippen LogP contribution in [0.4, 0.5) is 5.82 Å². The lowest BCUT2D eigenvalue weighted by atomic mass is 10.1. The highest BCUT2D eigenvalue weighted by Gasteiger charge is 2.14. The van der Waals surface area contributed by atoms with Crippen molar-refractivity contribution in [3.63, 3.8) is 0 Å². The van der Waals surface area contributed by atoms with Gasteiger partial charge in [-0.25, -0.2) is 0 Å². The quantitative estimate of drug-likeness (QED) is 0.762. The molecule has 3 aromatic rings. The van der Waals surface area contributed by atoms with Crippen LogP contribution in [0.15, 0.2) is 24.3 Å². The number of carbonyl (C=O) groups excluding carboxylic acids is 1. The van der Waals surface area contributed by atoms with E-state index in [0.29, 0.717) is 12.4 Å². The monoisotopic (exact) mass is 368 g/mol. The average molecular weight is 368 g/mol. The summed E-state index contributed by atoms with van der Waals surface area (Å²) in [6.07, 6.45) is 3.58. The molecule has 26 heavy (non-hydrogen) atoms. The van der Waals surface area contributed by atoms with Crippen molar-refractivity contribution in [2.75, 3.05) is 25.0 Å². The number of rotatable bonds is 4. The van der Waals surface area contributed by atoms with Gasteiger partial charge in [-0.2, -0.15) is 0 Å². The van der Waals surface area contributed by atoms with E-state index in [-0.39, 0.29) is 5.91 Å². The van der Waals surface area contributed by atoms with Gasteiger partial charge in [0.15, 0.2) is 5.82 Å². The summed E-state index contributed by atoms with van der Waals surface area (Å²) in [6, 6.07) is 7.73. The molecule has 1 amide bonds. The minimum Gasteiger partial charge on any atom is -0.308 e. The first kappa shape index (κ1) is 17.0. The van der Waals surface area contributed by atoms with Gasteiger partial charge in [0.25, 0.3) is 0 Å². The van der Waals surface area contributed by atoms with Crippen molar-refractivity contribution in [3.8, 4) is 10.6 Å². The molecule has 3 heterocycles. The number of likely N-dealkylation sites (tertiary alicyclic amines) is 1. The third kappa shape index (κ3) is 3.86. The number of amides is 1. The summed E-state index contributed by atoms with van der Waals surface area (Å²) in [5.41, 5.74) is 1.77. The number of anilines is 1. The number of aryl methyl sites for hydroxylation is 1. The third-order valence-corrected chi connectivity index (χ3v) is 5.33. The molecule has 0 spiro atoms. The summed E-state index contributed by atoms with van der Waals surface area (Å²) in [6.45, 7) is 4.32. The fourth-order valence-corrected chi connectivity index (χ4v) is 3.84. The van der Waals surface area contributed by atoms with Gasteiger partial charge in [-0.15, -0.1) is 20.4 Å². The number of hydrogen-bond donors (Lipinski definition) is 1. The van der Waals surface area contributed by atoms with E-state index in [1.165, 1.54) is 6.42 Å². The molecule has 1 fully saturated rings. The maximum Gasteiger partial charge on any atom is 0.239 e. The summed E-state index contributed by atoms with van der Waals surface area (Å²) in [7, 11) is 0. The maximum absolute atomic E-state index is 12.3. The van der Waals surface area contributed by atoms with Crippen LogP contribution in [0.25, 0.3) is 21.5 Å². The molecule has 1 N–H and O–H groups in total. The minimum atomic E-state index is -0.0450. The van der Waals surface area contributed by atoms with Crippen molar-refractivity contribution >= 4 is 34.0 Å². The van der Waals surface area contributed by atoms with Crippen molar-refractivity contribution in [2.24, 2.45) is 0 Å². The highest BCUT2D eigenvalue weighted by atomic mass is 32.1. The van der Waals surface area contributed by atoms with Crippen LogP contribution in [-0.2, 0) is 4.79 Å². The van der Waals surface area contributed by atoms with E-state index < -0.39 is 0 Å². The molecular formula is C18H20N6OS. The van der Waals surface area contributed by atoms with Gasteiger partial charge in [0.1, 0.15) is 10.0 Å². The Hall–Kier alpha value is -2.45. The van der Waals surface area contributed by atoms with E-state index in [0.717, 1.165) is 52.4 Å². The Morgan fingerprint density at radius 3 is 2.73 bits per heavy atom. The zero-order valence-electron chi connectivity index (χ0n) is 14.6. The molecule has 0 atom stereocenters. The Labute approximate surface area is 155 Å². The molecule has 0 radical (unpaired) electrons. The normalized spacial score (nSPS) is 15.3. The van der Waals surface area contributed by atoms with Gasteiger partial charge in [-0.3, -0.25) is 9.69 Å². The van der Waals surface area contributed by atoms with Gasteiger partial charge < -0.3 is 5.32 Å². The first-order valence-electron chi connectivity index (χ1n) is 8.77. The first-order chi connectivity index (χ1) is 12.7. The fourth-order valence-electron chi connectivity index (χ4n) is 3.16. The Bertz CT molecular complexity index is 934. The largest absolute Gasteiger partial charge is 0.308 e.